The lowest BCUT2D eigenvalue weighted by Crippen LogP contribution is -2.29. The fraction of sp³-hybridized carbons (Fsp3) is 1.00. The second-order valence-corrected chi connectivity index (χ2v) is 2.62. The molecule has 1 unspecified atom stereocenters. The first-order chi connectivity index (χ1) is 4.89. The number of hydrogen-bond acceptors (Lipinski definition) is 3. The third-order valence-corrected chi connectivity index (χ3v) is 1.61. The average molecular weight is 145 g/mol. The molecule has 1 atom stereocenters. The fourth-order valence-electron chi connectivity index (χ4n) is 0.699. The van der Waals surface area contributed by atoms with E-state index in [-0.39, 0.29) is 6.10 Å². The molecule has 3 heteroatoms. The molecule has 0 bridgehead atoms. The summed E-state index contributed by atoms with van der Waals surface area (Å²) in [7, 11) is 0. The molecule has 0 aromatic carbocycles. The molecular formula is C7H15NO2. The molecular weight excluding hydrogens is 130 g/mol. The summed E-state index contributed by atoms with van der Waals surface area (Å²) in [6, 6.07) is 0. The van der Waals surface area contributed by atoms with E-state index in [2.05, 4.69) is 5.32 Å². The minimum absolute atomic E-state index is 0.176. The van der Waals surface area contributed by atoms with Crippen LogP contribution in [-0.4, -0.2) is 37.5 Å². The zero-order valence-corrected chi connectivity index (χ0v) is 6.18. The highest BCUT2D eigenvalue weighted by Crippen LogP contribution is 2.00. The predicted molar refractivity (Wildman–Crippen MR) is 38.9 cm³/mol. The normalized spacial score (nSPS) is 30.3. The Morgan fingerprint density at radius 2 is 2.00 bits per heavy atom. The van der Waals surface area contributed by atoms with Crippen LogP contribution in [0.15, 0.2) is 0 Å². The van der Waals surface area contributed by atoms with Crippen LogP contribution in [0.5, 0.6) is 0 Å². The van der Waals surface area contributed by atoms with Crippen molar-refractivity contribution in [2.24, 2.45) is 0 Å². The van der Waals surface area contributed by atoms with E-state index in [1.165, 1.54) is 19.5 Å². The first-order valence-corrected chi connectivity index (χ1v) is 3.86. The molecule has 0 aromatic rings. The molecule has 0 spiro atoms. The molecule has 2 fully saturated rings. The van der Waals surface area contributed by atoms with Crippen LogP contribution in [0.1, 0.15) is 12.8 Å². The summed E-state index contributed by atoms with van der Waals surface area (Å²) in [6.07, 6.45) is 2.03. The lowest BCUT2D eigenvalue weighted by molar-refractivity contribution is 0.127. The molecule has 0 radical (unpaired) electrons. The van der Waals surface area contributed by atoms with Crippen molar-refractivity contribution in [3.63, 3.8) is 0 Å². The minimum atomic E-state index is -0.176. The molecule has 60 valence electrons. The monoisotopic (exact) mass is 145 g/mol. The quantitative estimate of drug-likeness (QED) is 0.494. The van der Waals surface area contributed by atoms with E-state index in [0.29, 0.717) is 6.61 Å². The smallest absolute Gasteiger partial charge is 0.0795 e. The standard InChI is InChI=1S/C4H8O2.C3H7N/c5-4-1-2-6-3-4;1-2-4-3-1/h4-5H,1-3H2;4H,1-3H2. The van der Waals surface area contributed by atoms with Gasteiger partial charge < -0.3 is 15.2 Å². The number of ether oxygens (including phenoxy) is 1. The molecule has 2 aliphatic rings. The number of rotatable bonds is 0. The molecule has 0 amide bonds. The van der Waals surface area contributed by atoms with Gasteiger partial charge in [-0.3, -0.25) is 0 Å². The topological polar surface area (TPSA) is 41.5 Å². The maximum absolute atomic E-state index is 8.60. The van der Waals surface area contributed by atoms with Gasteiger partial charge in [0.15, 0.2) is 0 Å². The van der Waals surface area contributed by atoms with Crippen LogP contribution in [0.25, 0.3) is 0 Å². The minimum Gasteiger partial charge on any atom is -0.391 e. The summed E-state index contributed by atoms with van der Waals surface area (Å²) in [6.45, 7) is 3.78. The van der Waals surface area contributed by atoms with Gasteiger partial charge in [0.05, 0.1) is 12.7 Å². The zero-order chi connectivity index (χ0) is 7.23. The molecule has 2 N–H and O–H groups in total. The predicted octanol–water partition coefficient (Wildman–Crippen LogP) is -0.253. The fourth-order valence-corrected chi connectivity index (χ4v) is 0.699. The van der Waals surface area contributed by atoms with Crippen LogP contribution >= 0.6 is 0 Å². The number of hydrogen-bond donors (Lipinski definition) is 2. The van der Waals surface area contributed by atoms with Crippen molar-refractivity contribution >= 4 is 0 Å². The number of aliphatic hydroxyl groups excluding tert-OH is 1. The van der Waals surface area contributed by atoms with Gasteiger partial charge in [-0.25, -0.2) is 0 Å². The highest BCUT2D eigenvalue weighted by Gasteiger charge is 2.09. The van der Waals surface area contributed by atoms with Crippen LogP contribution in [0, 0.1) is 0 Å². The summed E-state index contributed by atoms with van der Waals surface area (Å²) >= 11 is 0. The highest BCUT2D eigenvalue weighted by molar-refractivity contribution is 4.58. The van der Waals surface area contributed by atoms with E-state index >= 15 is 0 Å². The Labute approximate surface area is 61.4 Å². The van der Waals surface area contributed by atoms with Gasteiger partial charge in [-0.05, 0) is 25.9 Å². The molecule has 0 aliphatic carbocycles. The Kier molecular flexibility index (Phi) is 3.72. The van der Waals surface area contributed by atoms with Gasteiger partial charge >= 0.3 is 0 Å². The van der Waals surface area contributed by atoms with Gasteiger partial charge in [-0.15, -0.1) is 0 Å². The molecule has 10 heavy (non-hydrogen) atoms. The first kappa shape index (κ1) is 7.98. The Hall–Kier alpha value is -0.120. The van der Waals surface area contributed by atoms with Crippen molar-refractivity contribution in [1.82, 2.24) is 5.32 Å². The molecule has 0 aromatic heterocycles. The molecule has 0 saturated carbocycles. The van der Waals surface area contributed by atoms with Crippen molar-refractivity contribution in [3.05, 3.63) is 0 Å². The van der Waals surface area contributed by atoms with Gasteiger partial charge in [0.25, 0.3) is 0 Å². The van der Waals surface area contributed by atoms with Gasteiger partial charge in [0.1, 0.15) is 0 Å². The SMILES string of the molecule is C1CNC1.OC1CCOC1. The van der Waals surface area contributed by atoms with Crippen molar-refractivity contribution < 1.29 is 9.84 Å². The van der Waals surface area contributed by atoms with E-state index in [4.69, 9.17) is 9.84 Å². The zero-order valence-electron chi connectivity index (χ0n) is 6.18. The second-order valence-electron chi connectivity index (χ2n) is 2.62. The van der Waals surface area contributed by atoms with Gasteiger partial charge in [-0.1, -0.05) is 0 Å². The van der Waals surface area contributed by atoms with E-state index < -0.39 is 0 Å². The number of aliphatic hydroxyl groups is 1. The Balaban J connectivity index is 0.000000108. The first-order valence-electron chi connectivity index (χ1n) is 3.86. The Morgan fingerprint density at radius 1 is 1.40 bits per heavy atom. The summed E-state index contributed by atoms with van der Waals surface area (Å²) in [4.78, 5) is 0. The number of nitrogens with one attached hydrogen (secondary N) is 1. The van der Waals surface area contributed by atoms with Crippen LogP contribution in [-0.2, 0) is 4.74 Å². The summed E-state index contributed by atoms with van der Waals surface area (Å²) in [5.41, 5.74) is 0. The van der Waals surface area contributed by atoms with E-state index in [1.807, 2.05) is 0 Å². The molecule has 3 nitrogen and oxygen atoms in total. The third-order valence-electron chi connectivity index (χ3n) is 1.61. The summed E-state index contributed by atoms with van der Waals surface area (Å²) in [5, 5.41) is 11.7. The van der Waals surface area contributed by atoms with Crippen molar-refractivity contribution in [3.8, 4) is 0 Å². The molecule has 2 heterocycles. The Morgan fingerprint density at radius 3 is 2.10 bits per heavy atom. The van der Waals surface area contributed by atoms with Gasteiger partial charge in [0.2, 0.25) is 0 Å². The summed E-state index contributed by atoms with van der Waals surface area (Å²) in [5.74, 6) is 0. The lowest BCUT2D eigenvalue weighted by Gasteiger charge is -2.09. The lowest BCUT2D eigenvalue weighted by atomic mass is 10.3. The third kappa shape index (κ3) is 3.15. The molecule has 2 saturated heterocycles. The van der Waals surface area contributed by atoms with E-state index in [9.17, 15) is 0 Å². The van der Waals surface area contributed by atoms with Crippen LogP contribution < -0.4 is 5.32 Å². The van der Waals surface area contributed by atoms with Crippen molar-refractivity contribution in [1.29, 1.82) is 0 Å². The maximum atomic E-state index is 8.60. The van der Waals surface area contributed by atoms with Crippen LogP contribution in [0.2, 0.25) is 0 Å². The maximum Gasteiger partial charge on any atom is 0.0795 e. The largest absolute Gasteiger partial charge is 0.391 e. The molecule has 2 rings (SSSR count). The van der Waals surface area contributed by atoms with Crippen molar-refractivity contribution in [2.45, 2.75) is 18.9 Å². The van der Waals surface area contributed by atoms with Gasteiger partial charge in [0, 0.05) is 6.61 Å². The average Bonchev–Trinajstić information content (AvgIpc) is 2.12. The summed E-state index contributed by atoms with van der Waals surface area (Å²) < 4.78 is 4.81. The van der Waals surface area contributed by atoms with Gasteiger partial charge in [-0.2, -0.15) is 0 Å². The van der Waals surface area contributed by atoms with Crippen LogP contribution in [0.3, 0.4) is 0 Å². The van der Waals surface area contributed by atoms with Crippen molar-refractivity contribution in [2.75, 3.05) is 26.3 Å². The van der Waals surface area contributed by atoms with E-state index in [1.54, 1.807) is 0 Å². The Bertz CT molecular complexity index is 73.7. The van der Waals surface area contributed by atoms with E-state index in [0.717, 1.165) is 13.0 Å². The van der Waals surface area contributed by atoms with Crippen LogP contribution in [0.4, 0.5) is 0 Å². The molecule has 2 aliphatic heterocycles. The highest BCUT2D eigenvalue weighted by atomic mass is 16.5. The second kappa shape index (κ2) is 4.66.